The Kier molecular flexibility index (Phi) is 3.98. The fraction of sp³-hybridized carbons (Fsp3) is 0.571. The van der Waals surface area contributed by atoms with Crippen LogP contribution in [0.4, 0.5) is 5.69 Å². The Morgan fingerprint density at radius 1 is 1.47 bits per heavy atom. The average Bonchev–Trinajstić information content (AvgIpc) is 2.63. The third-order valence-corrected chi connectivity index (χ3v) is 3.54. The third kappa shape index (κ3) is 2.76. The van der Waals surface area contributed by atoms with E-state index in [1.807, 2.05) is 12.1 Å². The van der Waals surface area contributed by atoms with Gasteiger partial charge in [-0.3, -0.25) is 0 Å². The standard InChI is InChI=1S/C14H19N3/c1-2-13-6-4-3-5-9-17(13)14-7-8-16-12(10-14)11-15/h7-8,10,13H,2-6,9H2,1H3. The van der Waals surface area contributed by atoms with Crippen molar-refractivity contribution in [2.75, 3.05) is 11.4 Å². The first-order valence-corrected chi connectivity index (χ1v) is 6.48. The third-order valence-electron chi connectivity index (χ3n) is 3.54. The SMILES string of the molecule is CCC1CCCCCN1c1ccnc(C#N)c1. The van der Waals surface area contributed by atoms with Crippen molar-refractivity contribution in [1.29, 1.82) is 5.26 Å². The van der Waals surface area contributed by atoms with Crippen LogP contribution in [0, 0.1) is 11.3 Å². The van der Waals surface area contributed by atoms with E-state index >= 15 is 0 Å². The highest BCUT2D eigenvalue weighted by atomic mass is 15.2. The van der Waals surface area contributed by atoms with Gasteiger partial charge in [-0.25, -0.2) is 4.98 Å². The Morgan fingerprint density at radius 2 is 2.35 bits per heavy atom. The smallest absolute Gasteiger partial charge is 0.142 e. The molecule has 0 saturated carbocycles. The van der Waals surface area contributed by atoms with Gasteiger partial charge in [0.2, 0.25) is 0 Å². The minimum atomic E-state index is 0.515. The van der Waals surface area contributed by atoms with E-state index in [1.54, 1.807) is 6.20 Å². The maximum atomic E-state index is 8.91. The van der Waals surface area contributed by atoms with Gasteiger partial charge in [0.1, 0.15) is 11.8 Å². The zero-order chi connectivity index (χ0) is 12.1. The molecule has 0 N–H and O–H groups in total. The van der Waals surface area contributed by atoms with Crippen LogP contribution >= 0.6 is 0 Å². The zero-order valence-electron chi connectivity index (χ0n) is 10.4. The topological polar surface area (TPSA) is 39.9 Å². The van der Waals surface area contributed by atoms with Crippen LogP contribution in [-0.2, 0) is 0 Å². The highest BCUT2D eigenvalue weighted by Gasteiger charge is 2.19. The van der Waals surface area contributed by atoms with Crippen LogP contribution in [0.5, 0.6) is 0 Å². The monoisotopic (exact) mass is 229 g/mol. The molecular formula is C14H19N3. The fourth-order valence-electron chi connectivity index (χ4n) is 2.60. The molecule has 2 rings (SSSR count). The van der Waals surface area contributed by atoms with Gasteiger partial charge in [-0.2, -0.15) is 5.26 Å². The Balaban J connectivity index is 2.25. The number of aromatic nitrogens is 1. The lowest BCUT2D eigenvalue weighted by atomic mass is 10.1. The predicted octanol–water partition coefficient (Wildman–Crippen LogP) is 3.11. The zero-order valence-corrected chi connectivity index (χ0v) is 10.4. The number of pyridine rings is 1. The quantitative estimate of drug-likeness (QED) is 0.782. The molecule has 0 spiro atoms. The number of nitriles is 1. The molecule has 0 amide bonds. The summed E-state index contributed by atoms with van der Waals surface area (Å²) in [6, 6.07) is 6.67. The Hall–Kier alpha value is -1.56. The summed E-state index contributed by atoms with van der Waals surface area (Å²) in [5, 5.41) is 8.91. The van der Waals surface area contributed by atoms with Gasteiger partial charge in [-0.1, -0.05) is 19.8 Å². The van der Waals surface area contributed by atoms with Crippen LogP contribution in [0.25, 0.3) is 0 Å². The molecule has 0 aromatic carbocycles. The van der Waals surface area contributed by atoms with Crippen LogP contribution in [0.2, 0.25) is 0 Å². The van der Waals surface area contributed by atoms with Gasteiger partial charge in [-0.15, -0.1) is 0 Å². The molecule has 0 radical (unpaired) electrons. The van der Waals surface area contributed by atoms with E-state index in [0.29, 0.717) is 11.7 Å². The van der Waals surface area contributed by atoms with Gasteiger partial charge in [0.15, 0.2) is 0 Å². The largest absolute Gasteiger partial charge is 0.368 e. The summed E-state index contributed by atoms with van der Waals surface area (Å²) in [6.45, 7) is 3.35. The summed E-state index contributed by atoms with van der Waals surface area (Å²) >= 11 is 0. The van der Waals surface area contributed by atoms with E-state index in [-0.39, 0.29) is 0 Å². The van der Waals surface area contributed by atoms with Crippen molar-refractivity contribution in [1.82, 2.24) is 4.98 Å². The van der Waals surface area contributed by atoms with Crippen LogP contribution < -0.4 is 4.90 Å². The molecule has 1 aromatic rings. The summed E-state index contributed by atoms with van der Waals surface area (Å²) < 4.78 is 0. The normalized spacial score (nSPS) is 20.7. The number of anilines is 1. The number of rotatable bonds is 2. The van der Waals surface area contributed by atoms with Gasteiger partial charge in [0.05, 0.1) is 0 Å². The second-order valence-corrected chi connectivity index (χ2v) is 4.62. The van der Waals surface area contributed by atoms with Gasteiger partial charge in [0.25, 0.3) is 0 Å². The van der Waals surface area contributed by atoms with Crippen molar-refractivity contribution in [2.24, 2.45) is 0 Å². The van der Waals surface area contributed by atoms with Gasteiger partial charge in [0, 0.05) is 24.5 Å². The minimum absolute atomic E-state index is 0.515. The highest BCUT2D eigenvalue weighted by Crippen LogP contribution is 2.25. The first kappa shape index (κ1) is 11.9. The van der Waals surface area contributed by atoms with Gasteiger partial charge < -0.3 is 4.90 Å². The maximum Gasteiger partial charge on any atom is 0.142 e. The Bertz CT molecular complexity index is 408. The first-order valence-electron chi connectivity index (χ1n) is 6.48. The van der Waals surface area contributed by atoms with E-state index in [0.717, 1.165) is 12.2 Å². The number of nitrogens with zero attached hydrogens (tertiary/aromatic N) is 3. The maximum absolute atomic E-state index is 8.91. The molecule has 0 aliphatic carbocycles. The summed E-state index contributed by atoms with van der Waals surface area (Å²) in [4.78, 5) is 6.49. The molecular weight excluding hydrogens is 210 g/mol. The van der Waals surface area contributed by atoms with Gasteiger partial charge in [-0.05, 0) is 31.4 Å². The van der Waals surface area contributed by atoms with E-state index in [2.05, 4.69) is 22.9 Å². The molecule has 90 valence electrons. The second kappa shape index (κ2) is 5.67. The van der Waals surface area contributed by atoms with Crippen LogP contribution in [0.15, 0.2) is 18.3 Å². The molecule has 1 fully saturated rings. The molecule has 1 saturated heterocycles. The molecule has 1 aliphatic heterocycles. The molecule has 1 aliphatic rings. The number of hydrogen-bond donors (Lipinski definition) is 0. The fourth-order valence-corrected chi connectivity index (χ4v) is 2.60. The van der Waals surface area contributed by atoms with E-state index in [1.165, 1.54) is 32.1 Å². The molecule has 2 heterocycles. The second-order valence-electron chi connectivity index (χ2n) is 4.62. The molecule has 1 unspecified atom stereocenters. The van der Waals surface area contributed by atoms with Crippen molar-refractivity contribution in [2.45, 2.75) is 45.1 Å². The summed E-state index contributed by atoms with van der Waals surface area (Å²) in [5.74, 6) is 0. The average molecular weight is 229 g/mol. The van der Waals surface area contributed by atoms with Crippen molar-refractivity contribution in [3.63, 3.8) is 0 Å². The molecule has 1 aromatic heterocycles. The number of hydrogen-bond acceptors (Lipinski definition) is 3. The van der Waals surface area contributed by atoms with Crippen molar-refractivity contribution < 1.29 is 0 Å². The van der Waals surface area contributed by atoms with Crippen molar-refractivity contribution >= 4 is 5.69 Å². The lowest BCUT2D eigenvalue weighted by Gasteiger charge is -2.31. The summed E-state index contributed by atoms with van der Waals surface area (Å²) in [6.07, 6.45) is 8.07. The van der Waals surface area contributed by atoms with Crippen molar-refractivity contribution in [3.05, 3.63) is 24.0 Å². The van der Waals surface area contributed by atoms with Crippen LogP contribution in [-0.4, -0.2) is 17.6 Å². The van der Waals surface area contributed by atoms with E-state index in [9.17, 15) is 0 Å². The van der Waals surface area contributed by atoms with Crippen molar-refractivity contribution in [3.8, 4) is 6.07 Å². The Labute approximate surface area is 103 Å². The molecule has 3 nitrogen and oxygen atoms in total. The first-order chi connectivity index (χ1) is 8.35. The van der Waals surface area contributed by atoms with Gasteiger partial charge >= 0.3 is 0 Å². The molecule has 0 bridgehead atoms. The molecule has 1 atom stereocenters. The Morgan fingerprint density at radius 3 is 3.12 bits per heavy atom. The minimum Gasteiger partial charge on any atom is -0.368 e. The molecule has 17 heavy (non-hydrogen) atoms. The van der Waals surface area contributed by atoms with Crippen LogP contribution in [0.3, 0.4) is 0 Å². The predicted molar refractivity (Wildman–Crippen MR) is 68.8 cm³/mol. The highest BCUT2D eigenvalue weighted by molar-refractivity contribution is 5.49. The summed E-state index contributed by atoms with van der Waals surface area (Å²) in [7, 11) is 0. The molecule has 3 heteroatoms. The van der Waals surface area contributed by atoms with E-state index < -0.39 is 0 Å². The van der Waals surface area contributed by atoms with Crippen LogP contribution in [0.1, 0.15) is 44.7 Å². The lowest BCUT2D eigenvalue weighted by Crippen LogP contribution is -2.34. The lowest BCUT2D eigenvalue weighted by molar-refractivity contribution is 0.556. The van der Waals surface area contributed by atoms with E-state index in [4.69, 9.17) is 5.26 Å². The summed E-state index contributed by atoms with van der Waals surface area (Å²) in [5.41, 5.74) is 1.67.